The molecule has 4 heteroatoms. The average Bonchev–Trinajstić information content (AvgIpc) is 0.811. The van der Waals surface area contributed by atoms with E-state index in [0.717, 1.165) is 6.92 Å². The molecule has 32 valence electrons. The van der Waals surface area contributed by atoms with E-state index >= 15 is 0 Å². The topological polar surface area (TPSA) is 40.1 Å². The first-order valence-corrected chi connectivity index (χ1v) is 0.908. The first kappa shape index (κ1) is 15.9. The van der Waals surface area contributed by atoms with E-state index in [9.17, 15) is 0 Å². The monoisotopic (exact) mass is 208 g/mol. The zero-order chi connectivity index (χ0) is 3.58. The van der Waals surface area contributed by atoms with Crippen molar-refractivity contribution in [2.45, 2.75) is 6.92 Å². The van der Waals surface area contributed by atoms with Gasteiger partial charge in [-0.25, -0.2) is 0 Å². The van der Waals surface area contributed by atoms with E-state index in [2.05, 4.69) is 0 Å². The molecule has 0 aromatic rings. The van der Waals surface area contributed by atoms with Crippen molar-refractivity contribution in [1.82, 2.24) is 0 Å². The minimum absolute atomic E-state index is 0. The largest absolute Gasteiger partial charge is 2.00 e. The van der Waals surface area contributed by atoms with Gasteiger partial charge in [0.2, 0.25) is 0 Å². The van der Waals surface area contributed by atoms with Gasteiger partial charge in [0.05, 0.1) is 0 Å². The maximum atomic E-state index is 8.89. The Bertz CT molecular complexity index is 34.5. The summed E-state index contributed by atoms with van der Waals surface area (Å²) in [6.07, 6.45) is 0. The predicted octanol–water partition coefficient (Wildman–Crippen LogP) is -4.24. The van der Waals surface area contributed by atoms with Crippen LogP contribution in [0.25, 0.3) is 0 Å². The SMILES string of the molecule is CC(=O)[O-].[Cd+2].[Cl-]. The number of halogens is 1. The van der Waals surface area contributed by atoms with E-state index in [1.165, 1.54) is 0 Å². The first-order chi connectivity index (χ1) is 1.73. The Labute approximate surface area is 62.5 Å². The van der Waals surface area contributed by atoms with Crippen LogP contribution in [0.2, 0.25) is 0 Å². The Morgan fingerprint density at radius 2 is 1.67 bits per heavy atom. The summed E-state index contributed by atoms with van der Waals surface area (Å²) >= 11 is 0. The van der Waals surface area contributed by atoms with Crippen molar-refractivity contribution in [3.05, 3.63) is 0 Å². The summed E-state index contributed by atoms with van der Waals surface area (Å²) in [6.45, 7) is 0.972. The summed E-state index contributed by atoms with van der Waals surface area (Å²) in [5.41, 5.74) is 0. The molecule has 0 N–H and O–H groups in total. The third-order valence-electron chi connectivity index (χ3n) is 0. The molecule has 0 rings (SSSR count). The van der Waals surface area contributed by atoms with Crippen LogP contribution in [0.15, 0.2) is 0 Å². The molecule has 6 heavy (non-hydrogen) atoms. The zero-order valence-electron chi connectivity index (χ0n) is 3.40. The molecule has 0 radical (unpaired) electrons. The molecule has 0 aliphatic rings. The van der Waals surface area contributed by atoms with E-state index < -0.39 is 5.97 Å². The van der Waals surface area contributed by atoms with Gasteiger partial charge in [-0.1, -0.05) is 0 Å². The molecule has 0 saturated heterocycles. The van der Waals surface area contributed by atoms with Crippen LogP contribution in [0.5, 0.6) is 0 Å². The van der Waals surface area contributed by atoms with Crippen LogP contribution in [-0.4, -0.2) is 5.97 Å². The number of aliphatic carboxylic acids is 1. The Balaban J connectivity index is -0.0000000450. The van der Waals surface area contributed by atoms with Crippen molar-refractivity contribution in [2.24, 2.45) is 0 Å². The number of carboxylic acid groups (broad SMARTS) is 1. The number of carbonyl (C=O) groups is 1. The van der Waals surface area contributed by atoms with Gasteiger partial charge in [0.25, 0.3) is 0 Å². The van der Waals surface area contributed by atoms with Crippen molar-refractivity contribution in [2.75, 3.05) is 0 Å². The van der Waals surface area contributed by atoms with Crippen LogP contribution in [0, 0.1) is 0 Å². The minimum Gasteiger partial charge on any atom is -1.00 e. The van der Waals surface area contributed by atoms with Crippen LogP contribution >= 0.6 is 0 Å². The molecule has 0 unspecified atom stereocenters. The summed E-state index contributed by atoms with van der Waals surface area (Å²) in [6, 6.07) is 0. The smallest absolute Gasteiger partial charge is 1.00 e. The quantitative estimate of drug-likeness (QED) is 0.377. The molecule has 0 atom stereocenters. The van der Waals surface area contributed by atoms with E-state index in [1.54, 1.807) is 0 Å². The van der Waals surface area contributed by atoms with Crippen molar-refractivity contribution in [3.8, 4) is 0 Å². The normalized spacial score (nSPS) is 4.17. The fraction of sp³-hybridized carbons (Fsp3) is 0.500. The molecule has 0 spiro atoms. The van der Waals surface area contributed by atoms with Gasteiger partial charge < -0.3 is 22.3 Å². The summed E-state index contributed by atoms with van der Waals surface area (Å²) in [7, 11) is 0. The Morgan fingerprint density at radius 1 is 1.67 bits per heavy atom. The third kappa shape index (κ3) is 136. The third-order valence-corrected chi connectivity index (χ3v) is 0. The number of hydrogen-bond donors (Lipinski definition) is 0. The van der Waals surface area contributed by atoms with E-state index in [0.29, 0.717) is 0 Å². The van der Waals surface area contributed by atoms with E-state index in [1.807, 2.05) is 0 Å². The maximum Gasteiger partial charge on any atom is 2.00 e. The van der Waals surface area contributed by atoms with Crippen molar-refractivity contribution >= 4 is 5.97 Å². The Morgan fingerprint density at radius 3 is 1.67 bits per heavy atom. The molecular formula is C2H3CdClO2. The molecule has 2 nitrogen and oxygen atoms in total. The van der Waals surface area contributed by atoms with Crippen LogP contribution in [0.4, 0.5) is 0 Å². The molecule has 0 heterocycles. The van der Waals surface area contributed by atoms with Gasteiger partial charge in [0.1, 0.15) is 0 Å². The maximum absolute atomic E-state index is 8.89. The van der Waals surface area contributed by atoms with Crippen molar-refractivity contribution in [3.63, 3.8) is 0 Å². The number of carbonyl (C=O) groups excluding carboxylic acids is 1. The zero-order valence-corrected chi connectivity index (χ0v) is 8.19. The molecule has 0 aromatic heterocycles. The number of hydrogen-bond acceptors (Lipinski definition) is 2. The fourth-order valence-corrected chi connectivity index (χ4v) is 0. The van der Waals surface area contributed by atoms with Gasteiger partial charge in [0, 0.05) is 5.97 Å². The summed E-state index contributed by atoms with van der Waals surface area (Å²) in [5, 5.41) is 8.89. The van der Waals surface area contributed by atoms with Gasteiger partial charge in [-0.05, 0) is 6.92 Å². The van der Waals surface area contributed by atoms with Gasteiger partial charge >= 0.3 is 27.3 Å². The predicted molar refractivity (Wildman–Crippen MR) is 10.7 cm³/mol. The van der Waals surface area contributed by atoms with E-state index in [-0.39, 0.29) is 39.7 Å². The van der Waals surface area contributed by atoms with Gasteiger partial charge in [0.15, 0.2) is 0 Å². The molecular weight excluding hydrogens is 204 g/mol. The number of rotatable bonds is 0. The van der Waals surface area contributed by atoms with Gasteiger partial charge in [-0.2, -0.15) is 0 Å². The average molecular weight is 207 g/mol. The first-order valence-electron chi connectivity index (χ1n) is 0.908. The second-order valence-corrected chi connectivity index (χ2v) is 0.492. The molecule has 0 saturated carbocycles. The van der Waals surface area contributed by atoms with Crippen LogP contribution in [0.3, 0.4) is 0 Å². The number of carboxylic acids is 1. The Kier molecular flexibility index (Phi) is 24.4. The summed E-state index contributed by atoms with van der Waals surface area (Å²) < 4.78 is 0. The molecule has 0 aliphatic heterocycles. The minimum atomic E-state index is -1.08. The summed E-state index contributed by atoms with van der Waals surface area (Å²) in [4.78, 5) is 8.89. The van der Waals surface area contributed by atoms with Crippen molar-refractivity contribution in [1.29, 1.82) is 0 Å². The van der Waals surface area contributed by atoms with Gasteiger partial charge in [-0.3, -0.25) is 0 Å². The van der Waals surface area contributed by atoms with Crippen LogP contribution in [0.1, 0.15) is 6.92 Å². The van der Waals surface area contributed by atoms with Crippen LogP contribution in [-0.2, 0) is 32.1 Å². The molecule has 0 aliphatic carbocycles. The Hall–Kier alpha value is 0.682. The molecule has 0 fully saturated rings. The van der Waals surface area contributed by atoms with Crippen molar-refractivity contribution < 1.29 is 49.6 Å². The van der Waals surface area contributed by atoms with Gasteiger partial charge in [-0.15, -0.1) is 0 Å². The molecule has 0 amide bonds. The second kappa shape index (κ2) is 9.19. The molecule has 0 bridgehead atoms. The fourth-order valence-electron chi connectivity index (χ4n) is 0. The second-order valence-electron chi connectivity index (χ2n) is 0.492. The molecule has 0 aromatic carbocycles. The van der Waals surface area contributed by atoms with Crippen LogP contribution < -0.4 is 17.5 Å². The van der Waals surface area contributed by atoms with E-state index in [4.69, 9.17) is 9.90 Å². The summed E-state index contributed by atoms with van der Waals surface area (Å²) in [5.74, 6) is -1.08. The standard InChI is InChI=1S/C2H4O2.Cd.ClH/c1-2(3)4;;/h1H3,(H,3,4);;1H/q;+2;/p-2.